The molecule has 3 heteroatoms. The van der Waals surface area contributed by atoms with E-state index in [4.69, 9.17) is 10.5 Å². The first-order valence-electron chi connectivity index (χ1n) is 4.52. The number of aromatic nitrogens is 1. The van der Waals surface area contributed by atoms with E-state index in [9.17, 15) is 0 Å². The first kappa shape index (κ1) is 9.84. The fourth-order valence-electron chi connectivity index (χ4n) is 0.981. The topological polar surface area (TPSA) is 48.1 Å². The van der Waals surface area contributed by atoms with Crippen LogP contribution in [-0.4, -0.2) is 11.1 Å². The summed E-state index contributed by atoms with van der Waals surface area (Å²) in [4.78, 5) is 4.12. The molecule has 1 rings (SSSR count). The van der Waals surface area contributed by atoms with Crippen LogP contribution in [0.5, 0.6) is 5.88 Å². The quantitative estimate of drug-likeness (QED) is 0.775. The molecule has 0 aliphatic rings. The lowest BCUT2D eigenvalue weighted by atomic mass is 10.2. The van der Waals surface area contributed by atoms with Gasteiger partial charge in [0.25, 0.3) is 0 Å². The molecule has 1 atom stereocenters. The summed E-state index contributed by atoms with van der Waals surface area (Å²) in [5.74, 6) is 0.684. The Bertz CT molecular complexity index is 286. The normalized spacial score (nSPS) is 12.5. The Balaban J connectivity index is 2.77. The fraction of sp³-hybridized carbons (Fsp3) is 0.500. The minimum absolute atomic E-state index is 0.204. The third-order valence-electron chi connectivity index (χ3n) is 1.94. The molecule has 0 aromatic carbocycles. The van der Waals surface area contributed by atoms with E-state index in [1.165, 1.54) is 0 Å². The molecule has 0 radical (unpaired) electrons. The maximum Gasteiger partial charge on any atom is 0.216 e. The summed E-state index contributed by atoms with van der Waals surface area (Å²) in [6.07, 6.45) is 2.80. The van der Waals surface area contributed by atoms with Gasteiger partial charge in [-0.15, -0.1) is 0 Å². The van der Waals surface area contributed by atoms with Gasteiger partial charge in [-0.05, 0) is 26.3 Å². The summed E-state index contributed by atoms with van der Waals surface area (Å²) in [7, 11) is 0. The van der Waals surface area contributed by atoms with Crippen molar-refractivity contribution in [3.05, 3.63) is 17.8 Å². The molecule has 72 valence electrons. The van der Waals surface area contributed by atoms with Crippen LogP contribution in [0.2, 0.25) is 0 Å². The molecule has 0 bridgehead atoms. The molecule has 0 unspecified atom stereocenters. The highest BCUT2D eigenvalue weighted by Gasteiger charge is 2.05. The predicted octanol–water partition coefficient (Wildman–Crippen LogP) is 2.15. The van der Waals surface area contributed by atoms with Gasteiger partial charge < -0.3 is 10.5 Å². The van der Waals surface area contributed by atoms with E-state index in [2.05, 4.69) is 11.9 Å². The Morgan fingerprint density at radius 3 is 2.85 bits per heavy atom. The lowest BCUT2D eigenvalue weighted by molar-refractivity contribution is 0.207. The molecule has 13 heavy (non-hydrogen) atoms. The Labute approximate surface area is 78.9 Å². The average molecular weight is 180 g/mol. The van der Waals surface area contributed by atoms with Crippen molar-refractivity contribution in [2.24, 2.45) is 0 Å². The molecule has 1 aromatic rings. The molecule has 0 spiro atoms. The van der Waals surface area contributed by atoms with Crippen molar-refractivity contribution >= 4 is 5.69 Å². The second-order valence-corrected chi connectivity index (χ2v) is 3.23. The summed E-state index contributed by atoms with van der Waals surface area (Å²) in [6, 6.07) is 1.87. The van der Waals surface area contributed by atoms with Crippen molar-refractivity contribution < 1.29 is 4.74 Å². The molecule has 0 fully saturated rings. The number of hydrogen-bond acceptors (Lipinski definition) is 3. The number of hydrogen-bond donors (Lipinski definition) is 1. The van der Waals surface area contributed by atoms with Crippen LogP contribution in [0, 0.1) is 6.92 Å². The van der Waals surface area contributed by atoms with E-state index >= 15 is 0 Å². The van der Waals surface area contributed by atoms with Gasteiger partial charge in [0.05, 0.1) is 18.0 Å². The molecule has 0 saturated carbocycles. The Hall–Kier alpha value is -1.25. The zero-order valence-corrected chi connectivity index (χ0v) is 8.37. The van der Waals surface area contributed by atoms with Crippen LogP contribution in [0.25, 0.3) is 0 Å². The van der Waals surface area contributed by atoms with Crippen molar-refractivity contribution in [1.29, 1.82) is 0 Å². The van der Waals surface area contributed by atoms with Gasteiger partial charge >= 0.3 is 0 Å². The fourth-order valence-corrected chi connectivity index (χ4v) is 0.981. The smallest absolute Gasteiger partial charge is 0.216 e. The monoisotopic (exact) mass is 180 g/mol. The minimum Gasteiger partial charge on any atom is -0.474 e. The maximum atomic E-state index is 5.58. The number of nitrogens with zero attached hydrogens (tertiary/aromatic N) is 1. The summed E-state index contributed by atoms with van der Waals surface area (Å²) < 4.78 is 5.58. The van der Waals surface area contributed by atoms with Crippen LogP contribution in [0.3, 0.4) is 0 Å². The molecule has 0 aliphatic carbocycles. The van der Waals surface area contributed by atoms with Crippen LogP contribution in [0.1, 0.15) is 25.8 Å². The van der Waals surface area contributed by atoms with Crippen LogP contribution < -0.4 is 10.5 Å². The molecule has 0 aliphatic heterocycles. The van der Waals surface area contributed by atoms with Crippen molar-refractivity contribution in [2.45, 2.75) is 33.3 Å². The van der Waals surface area contributed by atoms with Crippen molar-refractivity contribution in [3.63, 3.8) is 0 Å². The first-order valence-corrected chi connectivity index (χ1v) is 4.52. The first-order chi connectivity index (χ1) is 6.13. The van der Waals surface area contributed by atoms with Gasteiger partial charge in [0, 0.05) is 5.56 Å². The zero-order valence-electron chi connectivity index (χ0n) is 8.37. The highest BCUT2D eigenvalue weighted by atomic mass is 16.5. The number of rotatable bonds is 3. The summed E-state index contributed by atoms with van der Waals surface area (Å²) >= 11 is 0. The number of anilines is 1. The van der Waals surface area contributed by atoms with Gasteiger partial charge in [-0.2, -0.15) is 0 Å². The lowest BCUT2D eigenvalue weighted by Gasteiger charge is -2.13. The van der Waals surface area contributed by atoms with E-state index in [0.29, 0.717) is 11.6 Å². The second kappa shape index (κ2) is 4.12. The molecule has 0 amide bonds. The minimum atomic E-state index is 0.204. The Kier molecular flexibility index (Phi) is 3.12. The summed E-state index contributed by atoms with van der Waals surface area (Å²) in [6.45, 7) is 6.05. The zero-order chi connectivity index (χ0) is 9.84. The summed E-state index contributed by atoms with van der Waals surface area (Å²) in [5, 5.41) is 0. The van der Waals surface area contributed by atoms with Crippen molar-refractivity contribution in [2.75, 3.05) is 5.73 Å². The lowest BCUT2D eigenvalue weighted by Crippen LogP contribution is -2.11. The van der Waals surface area contributed by atoms with E-state index in [-0.39, 0.29) is 6.10 Å². The largest absolute Gasteiger partial charge is 0.474 e. The third-order valence-corrected chi connectivity index (χ3v) is 1.94. The van der Waals surface area contributed by atoms with Gasteiger partial charge in [-0.3, -0.25) is 0 Å². The van der Waals surface area contributed by atoms with Crippen molar-refractivity contribution in [3.8, 4) is 5.88 Å². The number of nitrogen functional groups attached to an aromatic ring is 1. The maximum absolute atomic E-state index is 5.58. The molecule has 1 heterocycles. The van der Waals surface area contributed by atoms with Gasteiger partial charge in [-0.25, -0.2) is 4.98 Å². The Morgan fingerprint density at radius 2 is 2.31 bits per heavy atom. The highest BCUT2D eigenvalue weighted by molar-refractivity contribution is 5.41. The average Bonchev–Trinajstić information content (AvgIpc) is 2.09. The second-order valence-electron chi connectivity index (χ2n) is 3.23. The predicted molar refractivity (Wildman–Crippen MR) is 53.8 cm³/mol. The van der Waals surface area contributed by atoms with E-state index in [0.717, 1.165) is 12.0 Å². The molecule has 3 nitrogen and oxygen atoms in total. The van der Waals surface area contributed by atoms with Crippen LogP contribution in [0.4, 0.5) is 5.69 Å². The molecule has 2 N–H and O–H groups in total. The van der Waals surface area contributed by atoms with Crippen LogP contribution >= 0.6 is 0 Å². The van der Waals surface area contributed by atoms with Crippen LogP contribution in [0.15, 0.2) is 12.3 Å². The number of ether oxygens (including phenoxy) is 1. The van der Waals surface area contributed by atoms with Gasteiger partial charge in [0.2, 0.25) is 5.88 Å². The Morgan fingerprint density at radius 1 is 1.62 bits per heavy atom. The molecular formula is C10H16N2O. The van der Waals surface area contributed by atoms with Gasteiger partial charge in [-0.1, -0.05) is 6.92 Å². The van der Waals surface area contributed by atoms with E-state index in [1.54, 1.807) is 6.20 Å². The third kappa shape index (κ3) is 2.61. The van der Waals surface area contributed by atoms with Gasteiger partial charge in [0.15, 0.2) is 0 Å². The van der Waals surface area contributed by atoms with E-state index in [1.807, 2.05) is 19.9 Å². The number of nitrogens with two attached hydrogens (primary N) is 1. The number of pyridine rings is 1. The molecular weight excluding hydrogens is 164 g/mol. The van der Waals surface area contributed by atoms with Crippen LogP contribution in [-0.2, 0) is 0 Å². The number of aryl methyl sites for hydroxylation is 1. The molecule has 1 aromatic heterocycles. The molecule has 0 saturated heterocycles. The highest BCUT2D eigenvalue weighted by Crippen LogP contribution is 2.18. The standard InChI is InChI=1S/C10H16N2O/c1-4-8(3)13-10-7(2)5-9(11)6-12-10/h5-6,8H,4,11H2,1-3H3/t8-/m0/s1. The summed E-state index contributed by atoms with van der Waals surface area (Å²) in [5.41, 5.74) is 7.23. The van der Waals surface area contributed by atoms with Gasteiger partial charge in [0.1, 0.15) is 0 Å². The van der Waals surface area contributed by atoms with Crippen molar-refractivity contribution in [1.82, 2.24) is 4.98 Å². The van der Waals surface area contributed by atoms with E-state index < -0.39 is 0 Å². The SMILES string of the molecule is CC[C@H](C)Oc1ncc(N)cc1C.